The summed E-state index contributed by atoms with van der Waals surface area (Å²) in [6.45, 7) is 1.08. The molecule has 0 aliphatic heterocycles. The number of rotatable bonds is 7. The van der Waals surface area contributed by atoms with E-state index >= 15 is 0 Å². The zero-order valence-electron chi connectivity index (χ0n) is 14.1. The number of benzene rings is 3. The van der Waals surface area contributed by atoms with E-state index in [0.717, 1.165) is 11.1 Å². The average Bonchev–Trinajstić information content (AvgIpc) is 2.68. The maximum absolute atomic E-state index is 11.6. The first-order valence-electron chi connectivity index (χ1n) is 8.24. The highest BCUT2D eigenvalue weighted by molar-refractivity contribution is 5.90. The van der Waals surface area contributed by atoms with Gasteiger partial charge in [-0.1, -0.05) is 66.7 Å². The Morgan fingerprint density at radius 3 is 1.81 bits per heavy atom. The molecule has 5 heteroatoms. The van der Waals surface area contributed by atoms with E-state index in [-0.39, 0.29) is 11.3 Å². The molecule has 0 aromatic heterocycles. The summed E-state index contributed by atoms with van der Waals surface area (Å²) in [6.07, 6.45) is 0.566. The highest BCUT2D eigenvalue weighted by atomic mass is 16.6. The molecule has 0 radical (unpaired) electrons. The van der Waals surface area contributed by atoms with Gasteiger partial charge in [-0.05, 0) is 17.2 Å². The van der Waals surface area contributed by atoms with Crippen molar-refractivity contribution in [1.82, 2.24) is 0 Å². The molecule has 0 saturated heterocycles. The molecular weight excluding hydrogens is 328 g/mol. The van der Waals surface area contributed by atoms with Crippen molar-refractivity contribution in [3.05, 3.63) is 106 Å². The highest BCUT2D eigenvalue weighted by Gasteiger charge is 2.21. The molecule has 0 bridgehead atoms. The third-order valence-electron chi connectivity index (χ3n) is 4.15. The average molecular weight is 346 g/mol. The van der Waals surface area contributed by atoms with Crippen molar-refractivity contribution in [3.63, 3.8) is 0 Å². The van der Waals surface area contributed by atoms with Gasteiger partial charge in [-0.15, -0.1) is 0 Å². The van der Waals surface area contributed by atoms with Gasteiger partial charge in [-0.25, -0.2) is 0 Å². The molecule has 0 saturated carbocycles. The number of carbonyl (C=O) groups is 1. The Balaban J connectivity index is 2.04. The standard InChI is InChI=1S/C21H18N2O3/c24-16-19-20(12-7-13-21(19)23(25)26)22(14-17-8-3-1-4-9-17)15-18-10-5-2-6-11-18/h1-13,16H,14-15H2. The summed E-state index contributed by atoms with van der Waals surface area (Å²) in [5.41, 5.74) is 2.61. The lowest BCUT2D eigenvalue weighted by atomic mass is 10.1. The van der Waals surface area contributed by atoms with E-state index in [0.29, 0.717) is 25.1 Å². The number of anilines is 1. The minimum absolute atomic E-state index is 0.101. The monoisotopic (exact) mass is 346 g/mol. The Labute approximate surface area is 151 Å². The molecule has 0 aliphatic rings. The fourth-order valence-electron chi connectivity index (χ4n) is 2.93. The predicted octanol–water partition coefficient (Wildman–Crippen LogP) is 4.61. The Morgan fingerprint density at radius 1 is 0.808 bits per heavy atom. The summed E-state index contributed by atoms with van der Waals surface area (Å²) < 4.78 is 0. The first-order valence-corrected chi connectivity index (χ1v) is 8.24. The van der Waals surface area contributed by atoms with E-state index in [9.17, 15) is 14.9 Å². The number of hydrogen-bond acceptors (Lipinski definition) is 4. The van der Waals surface area contributed by atoms with Gasteiger partial charge < -0.3 is 4.90 Å². The number of nitrogens with zero attached hydrogens (tertiary/aromatic N) is 2. The molecule has 0 spiro atoms. The summed E-state index contributed by atoms with van der Waals surface area (Å²) in [7, 11) is 0. The van der Waals surface area contributed by atoms with Crippen molar-refractivity contribution in [3.8, 4) is 0 Å². The van der Waals surface area contributed by atoms with Crippen LogP contribution in [-0.2, 0) is 13.1 Å². The van der Waals surface area contributed by atoms with Crippen LogP contribution in [0.2, 0.25) is 0 Å². The molecule has 0 aliphatic carbocycles. The van der Waals surface area contributed by atoms with Crippen molar-refractivity contribution >= 4 is 17.7 Å². The van der Waals surface area contributed by atoms with Gasteiger partial charge in [-0.2, -0.15) is 0 Å². The second-order valence-electron chi connectivity index (χ2n) is 5.91. The number of aldehydes is 1. The maximum atomic E-state index is 11.6. The number of nitro groups is 1. The van der Waals surface area contributed by atoms with Crippen LogP contribution in [0.4, 0.5) is 11.4 Å². The van der Waals surface area contributed by atoms with E-state index in [1.165, 1.54) is 6.07 Å². The Morgan fingerprint density at radius 2 is 1.35 bits per heavy atom. The molecule has 0 N–H and O–H groups in total. The van der Waals surface area contributed by atoms with Crippen LogP contribution < -0.4 is 4.90 Å². The van der Waals surface area contributed by atoms with Gasteiger partial charge in [-0.3, -0.25) is 14.9 Å². The third kappa shape index (κ3) is 3.95. The molecule has 3 aromatic rings. The predicted molar refractivity (Wildman–Crippen MR) is 101 cm³/mol. The molecule has 0 atom stereocenters. The Bertz CT molecular complexity index is 854. The van der Waals surface area contributed by atoms with Crippen LogP contribution in [0.15, 0.2) is 78.9 Å². The zero-order valence-corrected chi connectivity index (χ0v) is 14.1. The molecule has 130 valence electrons. The Kier molecular flexibility index (Phi) is 5.39. The summed E-state index contributed by atoms with van der Waals surface area (Å²) in [5, 5.41) is 11.3. The maximum Gasteiger partial charge on any atom is 0.281 e. The van der Waals surface area contributed by atoms with Crippen molar-refractivity contribution in [2.45, 2.75) is 13.1 Å². The van der Waals surface area contributed by atoms with E-state index < -0.39 is 4.92 Å². The number of nitro benzene ring substituents is 1. The van der Waals surface area contributed by atoms with E-state index in [2.05, 4.69) is 0 Å². The van der Waals surface area contributed by atoms with Crippen LogP contribution in [0.25, 0.3) is 0 Å². The first-order chi connectivity index (χ1) is 12.7. The van der Waals surface area contributed by atoms with Crippen LogP contribution >= 0.6 is 0 Å². The van der Waals surface area contributed by atoms with Crippen LogP contribution in [0.3, 0.4) is 0 Å². The van der Waals surface area contributed by atoms with Gasteiger partial charge in [0, 0.05) is 19.2 Å². The van der Waals surface area contributed by atoms with Crippen molar-refractivity contribution < 1.29 is 9.72 Å². The van der Waals surface area contributed by atoms with Crippen molar-refractivity contribution in [1.29, 1.82) is 0 Å². The van der Waals surface area contributed by atoms with Crippen LogP contribution in [0.5, 0.6) is 0 Å². The lowest BCUT2D eigenvalue weighted by molar-refractivity contribution is -0.385. The highest BCUT2D eigenvalue weighted by Crippen LogP contribution is 2.30. The molecule has 26 heavy (non-hydrogen) atoms. The number of carbonyl (C=O) groups excluding carboxylic acids is 1. The van der Waals surface area contributed by atoms with Gasteiger partial charge in [0.25, 0.3) is 5.69 Å². The lowest BCUT2D eigenvalue weighted by Crippen LogP contribution is -2.23. The van der Waals surface area contributed by atoms with Crippen LogP contribution in [0.1, 0.15) is 21.5 Å². The topological polar surface area (TPSA) is 63.5 Å². The van der Waals surface area contributed by atoms with Crippen molar-refractivity contribution in [2.24, 2.45) is 0 Å². The molecular formula is C21H18N2O3. The van der Waals surface area contributed by atoms with Gasteiger partial charge in [0.2, 0.25) is 0 Å². The van der Waals surface area contributed by atoms with Gasteiger partial charge in [0.05, 0.1) is 10.6 Å². The second-order valence-corrected chi connectivity index (χ2v) is 5.91. The van der Waals surface area contributed by atoms with Crippen LogP contribution in [0, 0.1) is 10.1 Å². The normalized spacial score (nSPS) is 10.3. The fourth-order valence-corrected chi connectivity index (χ4v) is 2.93. The van der Waals surface area contributed by atoms with Gasteiger partial charge in [0.15, 0.2) is 6.29 Å². The van der Waals surface area contributed by atoms with Gasteiger partial charge in [0.1, 0.15) is 5.56 Å². The molecule has 0 amide bonds. The molecule has 0 unspecified atom stereocenters. The third-order valence-corrected chi connectivity index (χ3v) is 4.15. The summed E-state index contributed by atoms with van der Waals surface area (Å²) in [4.78, 5) is 24.4. The SMILES string of the molecule is O=Cc1c(N(Cc2ccccc2)Cc2ccccc2)cccc1[N+](=O)[O-]. The molecule has 3 rings (SSSR count). The summed E-state index contributed by atoms with van der Waals surface area (Å²) >= 11 is 0. The second kappa shape index (κ2) is 8.07. The molecule has 0 fully saturated rings. The lowest BCUT2D eigenvalue weighted by Gasteiger charge is -2.26. The van der Waals surface area contributed by atoms with E-state index in [1.807, 2.05) is 65.6 Å². The largest absolute Gasteiger partial charge is 0.362 e. The fraction of sp³-hybridized carbons (Fsp3) is 0.0952. The molecule has 3 aromatic carbocycles. The van der Waals surface area contributed by atoms with E-state index in [4.69, 9.17) is 0 Å². The molecule has 5 nitrogen and oxygen atoms in total. The first kappa shape index (κ1) is 17.4. The number of hydrogen-bond donors (Lipinski definition) is 0. The minimum atomic E-state index is -0.517. The van der Waals surface area contributed by atoms with Gasteiger partial charge >= 0.3 is 0 Å². The summed E-state index contributed by atoms with van der Waals surface area (Å²) in [6, 6.07) is 24.4. The Hall–Kier alpha value is -3.47. The summed E-state index contributed by atoms with van der Waals surface area (Å²) in [5.74, 6) is 0. The van der Waals surface area contributed by atoms with Crippen LogP contribution in [-0.4, -0.2) is 11.2 Å². The smallest absolute Gasteiger partial charge is 0.281 e. The van der Waals surface area contributed by atoms with Crippen molar-refractivity contribution in [2.75, 3.05) is 4.90 Å². The minimum Gasteiger partial charge on any atom is -0.362 e. The molecule has 0 heterocycles. The zero-order chi connectivity index (χ0) is 18.4. The quantitative estimate of drug-likeness (QED) is 0.356. The van der Waals surface area contributed by atoms with E-state index in [1.54, 1.807) is 12.1 Å².